The number of hydrogen-bond acceptors (Lipinski definition) is 3. The van der Waals surface area contributed by atoms with Gasteiger partial charge < -0.3 is 10.2 Å². The van der Waals surface area contributed by atoms with Crippen LogP contribution in [0.2, 0.25) is 0 Å². The van der Waals surface area contributed by atoms with Gasteiger partial charge in [-0.2, -0.15) is 0 Å². The van der Waals surface area contributed by atoms with E-state index in [-0.39, 0.29) is 12.5 Å². The van der Waals surface area contributed by atoms with Gasteiger partial charge in [-0.1, -0.05) is 12.1 Å². The van der Waals surface area contributed by atoms with Crippen LogP contribution in [0.25, 0.3) is 0 Å². The molecule has 3 rings (SSSR count). The van der Waals surface area contributed by atoms with E-state index in [0.717, 1.165) is 17.7 Å². The molecular formula is C16H18FN3O3. The van der Waals surface area contributed by atoms with Crippen LogP contribution in [0.1, 0.15) is 25.3 Å². The van der Waals surface area contributed by atoms with Crippen LogP contribution >= 0.6 is 0 Å². The van der Waals surface area contributed by atoms with Crippen molar-refractivity contribution in [2.45, 2.75) is 25.3 Å². The SMILES string of the molecule is C[C@]1(c2ccc(F)cc2)NC(=O)N(CC(=O)N2CCCC2)C1=O. The van der Waals surface area contributed by atoms with Crippen molar-refractivity contribution in [1.29, 1.82) is 0 Å². The van der Waals surface area contributed by atoms with E-state index in [2.05, 4.69) is 5.32 Å². The van der Waals surface area contributed by atoms with Crippen molar-refractivity contribution in [1.82, 2.24) is 15.1 Å². The molecule has 6 nitrogen and oxygen atoms in total. The lowest BCUT2D eigenvalue weighted by Crippen LogP contribution is -2.43. The van der Waals surface area contributed by atoms with Gasteiger partial charge >= 0.3 is 6.03 Å². The van der Waals surface area contributed by atoms with Gasteiger partial charge in [0.05, 0.1) is 0 Å². The molecule has 1 aromatic rings. The summed E-state index contributed by atoms with van der Waals surface area (Å²) in [4.78, 5) is 39.6. The van der Waals surface area contributed by atoms with Crippen molar-refractivity contribution < 1.29 is 18.8 Å². The van der Waals surface area contributed by atoms with E-state index >= 15 is 0 Å². The topological polar surface area (TPSA) is 69.7 Å². The first kappa shape index (κ1) is 15.5. The van der Waals surface area contributed by atoms with E-state index in [1.807, 2.05) is 0 Å². The molecule has 2 fully saturated rings. The molecule has 0 bridgehead atoms. The highest BCUT2D eigenvalue weighted by Crippen LogP contribution is 2.29. The average Bonchev–Trinajstić information content (AvgIpc) is 3.12. The number of hydrogen-bond donors (Lipinski definition) is 1. The molecule has 2 heterocycles. The van der Waals surface area contributed by atoms with Gasteiger partial charge in [-0.25, -0.2) is 9.18 Å². The quantitative estimate of drug-likeness (QED) is 0.852. The number of imide groups is 1. The van der Waals surface area contributed by atoms with E-state index in [1.54, 1.807) is 11.8 Å². The fourth-order valence-corrected chi connectivity index (χ4v) is 3.02. The first-order chi connectivity index (χ1) is 10.9. The Kier molecular flexibility index (Phi) is 3.79. The van der Waals surface area contributed by atoms with Gasteiger partial charge in [0.15, 0.2) is 0 Å². The molecule has 0 aliphatic carbocycles. The van der Waals surface area contributed by atoms with E-state index in [4.69, 9.17) is 0 Å². The second-order valence-electron chi connectivity index (χ2n) is 6.04. The van der Waals surface area contributed by atoms with Crippen molar-refractivity contribution in [2.24, 2.45) is 0 Å². The van der Waals surface area contributed by atoms with E-state index in [0.29, 0.717) is 18.7 Å². The normalized spacial score (nSPS) is 24.3. The number of carbonyl (C=O) groups is 3. The first-order valence-corrected chi connectivity index (χ1v) is 7.60. The van der Waals surface area contributed by atoms with Crippen molar-refractivity contribution >= 4 is 17.8 Å². The molecule has 1 atom stereocenters. The molecule has 23 heavy (non-hydrogen) atoms. The summed E-state index contributed by atoms with van der Waals surface area (Å²) in [5, 5.41) is 2.61. The highest BCUT2D eigenvalue weighted by molar-refractivity contribution is 6.09. The Bertz CT molecular complexity index is 655. The molecule has 7 heteroatoms. The lowest BCUT2D eigenvalue weighted by Gasteiger charge is -2.23. The van der Waals surface area contributed by atoms with Crippen LogP contribution in [0.3, 0.4) is 0 Å². The van der Waals surface area contributed by atoms with Crippen LogP contribution in [0.5, 0.6) is 0 Å². The number of carbonyl (C=O) groups excluding carboxylic acids is 3. The monoisotopic (exact) mass is 319 g/mol. The average molecular weight is 319 g/mol. The minimum Gasteiger partial charge on any atom is -0.341 e. The van der Waals surface area contributed by atoms with Crippen LogP contribution in [0.4, 0.5) is 9.18 Å². The molecule has 4 amide bonds. The van der Waals surface area contributed by atoms with Gasteiger partial charge in [0, 0.05) is 13.1 Å². The lowest BCUT2D eigenvalue weighted by atomic mass is 9.92. The summed E-state index contributed by atoms with van der Waals surface area (Å²) in [6.45, 7) is 2.62. The van der Waals surface area contributed by atoms with Crippen LogP contribution in [0, 0.1) is 5.82 Å². The largest absolute Gasteiger partial charge is 0.341 e. The zero-order valence-corrected chi connectivity index (χ0v) is 12.8. The zero-order chi connectivity index (χ0) is 16.6. The van der Waals surface area contributed by atoms with Crippen LogP contribution in [-0.4, -0.2) is 47.3 Å². The van der Waals surface area contributed by atoms with Crippen molar-refractivity contribution in [2.75, 3.05) is 19.6 Å². The summed E-state index contributed by atoms with van der Waals surface area (Å²) in [7, 11) is 0. The molecule has 1 aromatic carbocycles. The Hall–Kier alpha value is -2.44. The molecule has 2 aliphatic rings. The molecule has 0 saturated carbocycles. The van der Waals surface area contributed by atoms with Gasteiger partial charge in [-0.05, 0) is 37.5 Å². The molecule has 2 aliphatic heterocycles. The number of rotatable bonds is 3. The number of likely N-dealkylation sites (tertiary alicyclic amines) is 1. The second kappa shape index (κ2) is 5.64. The molecule has 0 aromatic heterocycles. The third-order valence-corrected chi connectivity index (χ3v) is 4.45. The predicted octanol–water partition coefficient (Wildman–Crippen LogP) is 1.22. The molecule has 1 N–H and O–H groups in total. The number of nitrogens with zero attached hydrogens (tertiary/aromatic N) is 2. The molecule has 122 valence electrons. The van der Waals surface area contributed by atoms with Gasteiger partial charge in [-0.15, -0.1) is 0 Å². The smallest absolute Gasteiger partial charge is 0.325 e. The van der Waals surface area contributed by atoms with Gasteiger partial charge in [0.25, 0.3) is 5.91 Å². The maximum Gasteiger partial charge on any atom is 0.325 e. The number of nitrogens with one attached hydrogen (secondary N) is 1. The molecule has 2 saturated heterocycles. The van der Waals surface area contributed by atoms with Crippen LogP contribution in [0.15, 0.2) is 24.3 Å². The second-order valence-corrected chi connectivity index (χ2v) is 6.04. The Labute approximate surface area is 133 Å². The molecule has 0 spiro atoms. The predicted molar refractivity (Wildman–Crippen MR) is 79.8 cm³/mol. The summed E-state index contributed by atoms with van der Waals surface area (Å²) in [5.41, 5.74) is -0.802. The zero-order valence-electron chi connectivity index (χ0n) is 12.8. The lowest BCUT2D eigenvalue weighted by molar-refractivity contribution is -0.138. The Morgan fingerprint density at radius 1 is 1.22 bits per heavy atom. The Morgan fingerprint density at radius 3 is 2.43 bits per heavy atom. The Balaban J connectivity index is 1.79. The first-order valence-electron chi connectivity index (χ1n) is 7.60. The van der Waals surface area contributed by atoms with Crippen LogP contribution < -0.4 is 5.32 Å². The van der Waals surface area contributed by atoms with Crippen molar-refractivity contribution in [3.05, 3.63) is 35.6 Å². The summed E-state index contributed by atoms with van der Waals surface area (Å²) >= 11 is 0. The standard InChI is InChI=1S/C16H18FN3O3/c1-16(11-4-6-12(17)7-5-11)14(22)20(15(23)18-16)10-13(21)19-8-2-3-9-19/h4-7H,2-3,8-10H2,1H3,(H,18,23)/t16-/m1/s1. The molecule has 0 unspecified atom stereocenters. The van der Waals surface area contributed by atoms with Crippen molar-refractivity contribution in [3.63, 3.8) is 0 Å². The van der Waals surface area contributed by atoms with Crippen molar-refractivity contribution in [3.8, 4) is 0 Å². The number of benzene rings is 1. The summed E-state index contributed by atoms with van der Waals surface area (Å²) < 4.78 is 13.1. The number of urea groups is 1. The minimum atomic E-state index is -1.28. The highest BCUT2D eigenvalue weighted by atomic mass is 19.1. The maximum atomic E-state index is 13.1. The van der Waals surface area contributed by atoms with Crippen LogP contribution in [-0.2, 0) is 15.1 Å². The Morgan fingerprint density at radius 2 is 1.83 bits per heavy atom. The van der Waals surface area contributed by atoms with Gasteiger partial charge in [0.2, 0.25) is 5.91 Å². The minimum absolute atomic E-state index is 0.227. The third kappa shape index (κ3) is 2.67. The van der Waals surface area contributed by atoms with E-state index < -0.39 is 23.3 Å². The number of amides is 4. The van der Waals surface area contributed by atoms with Gasteiger partial charge in [0.1, 0.15) is 17.9 Å². The fraction of sp³-hybridized carbons (Fsp3) is 0.438. The third-order valence-electron chi connectivity index (χ3n) is 4.45. The molecule has 0 radical (unpaired) electrons. The maximum absolute atomic E-state index is 13.1. The summed E-state index contributed by atoms with van der Waals surface area (Å²) in [6.07, 6.45) is 1.89. The summed E-state index contributed by atoms with van der Waals surface area (Å²) in [6, 6.07) is 4.78. The van der Waals surface area contributed by atoms with E-state index in [1.165, 1.54) is 24.3 Å². The fourth-order valence-electron chi connectivity index (χ4n) is 3.02. The molecular weight excluding hydrogens is 301 g/mol. The number of halogens is 1. The summed E-state index contributed by atoms with van der Waals surface area (Å²) in [5.74, 6) is -1.15. The highest BCUT2D eigenvalue weighted by Gasteiger charge is 2.49. The van der Waals surface area contributed by atoms with E-state index in [9.17, 15) is 18.8 Å². The van der Waals surface area contributed by atoms with Gasteiger partial charge in [-0.3, -0.25) is 14.5 Å².